The van der Waals surface area contributed by atoms with Crippen LogP contribution in [0.15, 0.2) is 54.6 Å². The summed E-state index contributed by atoms with van der Waals surface area (Å²) in [7, 11) is 1.57. The minimum absolute atomic E-state index is 0.244. The molecule has 0 aromatic heterocycles. The molecule has 0 radical (unpaired) electrons. The first-order valence-electron chi connectivity index (χ1n) is 9.61. The molecule has 0 aliphatic carbocycles. The molecule has 0 bridgehead atoms. The highest BCUT2D eigenvalue weighted by molar-refractivity contribution is 6.05. The van der Waals surface area contributed by atoms with Crippen LogP contribution in [0.2, 0.25) is 0 Å². The molecule has 1 aliphatic rings. The van der Waals surface area contributed by atoms with Gasteiger partial charge in [0.1, 0.15) is 5.75 Å². The van der Waals surface area contributed by atoms with Crippen LogP contribution in [-0.4, -0.2) is 68.0 Å². The number of rotatable bonds is 7. The van der Waals surface area contributed by atoms with Crippen molar-refractivity contribution < 1.29 is 14.3 Å². The van der Waals surface area contributed by atoms with E-state index in [0.29, 0.717) is 11.3 Å². The Morgan fingerprint density at radius 2 is 1.57 bits per heavy atom. The van der Waals surface area contributed by atoms with Crippen molar-refractivity contribution in [1.82, 2.24) is 15.1 Å². The van der Waals surface area contributed by atoms with Crippen molar-refractivity contribution in [3.05, 3.63) is 65.7 Å². The van der Waals surface area contributed by atoms with Crippen molar-refractivity contribution >= 4 is 11.8 Å². The van der Waals surface area contributed by atoms with E-state index in [2.05, 4.69) is 39.4 Å². The zero-order valence-corrected chi connectivity index (χ0v) is 16.3. The van der Waals surface area contributed by atoms with Crippen LogP contribution >= 0.6 is 0 Å². The van der Waals surface area contributed by atoms with E-state index in [0.717, 1.165) is 39.1 Å². The lowest BCUT2D eigenvalue weighted by Gasteiger charge is -2.34. The SMILES string of the molecule is COc1ccc(C(=O)NC(=O)CN2CCN(CCc3ccccc3)CC2)cc1. The Labute approximate surface area is 166 Å². The van der Waals surface area contributed by atoms with E-state index < -0.39 is 0 Å². The fourth-order valence-corrected chi connectivity index (χ4v) is 3.29. The Balaban J connectivity index is 1.37. The molecule has 0 unspecified atom stereocenters. The van der Waals surface area contributed by atoms with Crippen LogP contribution in [0.25, 0.3) is 0 Å². The zero-order chi connectivity index (χ0) is 19.8. The Morgan fingerprint density at radius 3 is 2.21 bits per heavy atom. The molecule has 0 atom stereocenters. The van der Waals surface area contributed by atoms with Gasteiger partial charge in [0.2, 0.25) is 5.91 Å². The number of nitrogens with zero attached hydrogens (tertiary/aromatic N) is 2. The summed E-state index contributed by atoms with van der Waals surface area (Å²) in [6, 6.07) is 17.2. The Morgan fingerprint density at radius 1 is 0.929 bits per heavy atom. The van der Waals surface area contributed by atoms with Crippen LogP contribution in [0.4, 0.5) is 0 Å². The molecule has 2 amide bonds. The number of hydrogen-bond donors (Lipinski definition) is 1. The largest absolute Gasteiger partial charge is 0.497 e. The molecule has 1 aliphatic heterocycles. The third-order valence-corrected chi connectivity index (χ3v) is 5.00. The summed E-state index contributed by atoms with van der Waals surface area (Å²) in [6.45, 7) is 4.81. The number of ether oxygens (including phenoxy) is 1. The lowest BCUT2D eigenvalue weighted by Crippen LogP contribution is -2.50. The third-order valence-electron chi connectivity index (χ3n) is 5.00. The fraction of sp³-hybridized carbons (Fsp3) is 0.364. The van der Waals surface area contributed by atoms with Gasteiger partial charge in [0.15, 0.2) is 0 Å². The molecule has 0 spiro atoms. The molecular weight excluding hydrogens is 354 g/mol. The number of carbonyl (C=O) groups is 2. The second-order valence-electron chi connectivity index (χ2n) is 6.96. The van der Waals surface area contributed by atoms with Crippen molar-refractivity contribution in [2.24, 2.45) is 0 Å². The topological polar surface area (TPSA) is 61.9 Å². The predicted octanol–water partition coefficient (Wildman–Crippen LogP) is 1.81. The molecule has 3 rings (SSSR count). The van der Waals surface area contributed by atoms with Gasteiger partial charge in [0, 0.05) is 38.3 Å². The first-order chi connectivity index (χ1) is 13.6. The van der Waals surface area contributed by atoms with Gasteiger partial charge in [-0.3, -0.25) is 19.8 Å². The normalized spacial score (nSPS) is 15.2. The number of methoxy groups -OCH3 is 1. The first kappa shape index (κ1) is 20.0. The van der Waals surface area contributed by atoms with E-state index >= 15 is 0 Å². The maximum absolute atomic E-state index is 12.2. The average molecular weight is 381 g/mol. The standard InChI is InChI=1S/C22H27N3O3/c1-28-20-9-7-19(8-10-20)22(27)23-21(26)17-25-15-13-24(14-16-25)12-11-18-5-3-2-4-6-18/h2-10H,11-17H2,1H3,(H,23,26,27). The number of hydrogen-bond acceptors (Lipinski definition) is 5. The number of amides is 2. The molecule has 6 nitrogen and oxygen atoms in total. The van der Waals surface area contributed by atoms with E-state index in [1.54, 1.807) is 31.4 Å². The van der Waals surface area contributed by atoms with Gasteiger partial charge < -0.3 is 9.64 Å². The second-order valence-corrected chi connectivity index (χ2v) is 6.96. The maximum Gasteiger partial charge on any atom is 0.257 e. The van der Waals surface area contributed by atoms with Crippen LogP contribution in [0.5, 0.6) is 5.75 Å². The van der Waals surface area contributed by atoms with Crippen LogP contribution in [-0.2, 0) is 11.2 Å². The predicted molar refractivity (Wildman–Crippen MR) is 108 cm³/mol. The summed E-state index contributed by atoms with van der Waals surface area (Å²) in [5.41, 5.74) is 1.79. The molecule has 1 fully saturated rings. The van der Waals surface area contributed by atoms with Gasteiger partial charge in [-0.15, -0.1) is 0 Å². The van der Waals surface area contributed by atoms with Gasteiger partial charge in [0.05, 0.1) is 13.7 Å². The quantitative estimate of drug-likeness (QED) is 0.793. The van der Waals surface area contributed by atoms with Crippen molar-refractivity contribution in [1.29, 1.82) is 0 Å². The number of imide groups is 1. The Hall–Kier alpha value is -2.70. The Kier molecular flexibility index (Phi) is 7.17. The van der Waals surface area contributed by atoms with Crippen molar-refractivity contribution in [3.8, 4) is 5.75 Å². The summed E-state index contributed by atoms with van der Waals surface area (Å²) in [5.74, 6) is 0.0284. The minimum atomic E-state index is -0.380. The number of nitrogens with one attached hydrogen (secondary N) is 1. The van der Waals surface area contributed by atoms with E-state index in [-0.39, 0.29) is 18.4 Å². The molecule has 1 saturated heterocycles. The van der Waals surface area contributed by atoms with Crippen molar-refractivity contribution in [2.45, 2.75) is 6.42 Å². The average Bonchev–Trinajstić information content (AvgIpc) is 2.74. The lowest BCUT2D eigenvalue weighted by atomic mass is 10.1. The summed E-state index contributed by atoms with van der Waals surface area (Å²) in [6.07, 6.45) is 1.04. The molecular formula is C22H27N3O3. The fourth-order valence-electron chi connectivity index (χ4n) is 3.29. The minimum Gasteiger partial charge on any atom is -0.497 e. The lowest BCUT2D eigenvalue weighted by molar-refractivity contribution is -0.121. The van der Waals surface area contributed by atoms with E-state index in [1.165, 1.54) is 5.56 Å². The molecule has 1 N–H and O–H groups in total. The Bertz CT molecular complexity index is 769. The number of carbonyl (C=O) groups excluding carboxylic acids is 2. The maximum atomic E-state index is 12.2. The van der Waals surface area contributed by atoms with E-state index in [4.69, 9.17) is 4.74 Å². The summed E-state index contributed by atoms with van der Waals surface area (Å²) in [5, 5.41) is 2.46. The first-order valence-corrected chi connectivity index (χ1v) is 9.61. The second kappa shape index (κ2) is 10.0. The molecule has 0 saturated carbocycles. The van der Waals surface area contributed by atoms with Crippen molar-refractivity contribution in [2.75, 3.05) is 46.4 Å². The van der Waals surface area contributed by atoms with Gasteiger partial charge in [-0.25, -0.2) is 0 Å². The van der Waals surface area contributed by atoms with Crippen molar-refractivity contribution in [3.63, 3.8) is 0 Å². The van der Waals surface area contributed by atoms with Crippen LogP contribution in [0.1, 0.15) is 15.9 Å². The number of piperazine rings is 1. The monoisotopic (exact) mass is 381 g/mol. The molecule has 6 heteroatoms. The zero-order valence-electron chi connectivity index (χ0n) is 16.3. The summed E-state index contributed by atoms with van der Waals surface area (Å²) < 4.78 is 5.07. The highest BCUT2D eigenvalue weighted by Gasteiger charge is 2.20. The number of benzene rings is 2. The molecule has 2 aromatic rings. The van der Waals surface area contributed by atoms with Crippen LogP contribution < -0.4 is 10.1 Å². The molecule has 2 aromatic carbocycles. The van der Waals surface area contributed by atoms with Gasteiger partial charge >= 0.3 is 0 Å². The smallest absolute Gasteiger partial charge is 0.257 e. The van der Waals surface area contributed by atoms with Gasteiger partial charge in [-0.1, -0.05) is 30.3 Å². The highest BCUT2D eigenvalue weighted by atomic mass is 16.5. The summed E-state index contributed by atoms with van der Waals surface area (Å²) >= 11 is 0. The van der Waals surface area contributed by atoms with E-state index in [9.17, 15) is 9.59 Å². The molecule has 148 valence electrons. The van der Waals surface area contributed by atoms with E-state index in [1.807, 2.05) is 6.07 Å². The highest BCUT2D eigenvalue weighted by Crippen LogP contribution is 2.11. The summed E-state index contributed by atoms with van der Waals surface area (Å²) in [4.78, 5) is 28.9. The third kappa shape index (κ3) is 5.90. The van der Waals surface area contributed by atoms with Crippen LogP contribution in [0.3, 0.4) is 0 Å². The van der Waals surface area contributed by atoms with Gasteiger partial charge in [0.25, 0.3) is 5.91 Å². The molecule has 1 heterocycles. The van der Waals surface area contributed by atoms with Gasteiger partial charge in [-0.2, -0.15) is 0 Å². The molecule has 28 heavy (non-hydrogen) atoms. The van der Waals surface area contributed by atoms with Gasteiger partial charge in [-0.05, 0) is 36.2 Å². The van der Waals surface area contributed by atoms with Crippen LogP contribution in [0, 0.1) is 0 Å².